The normalized spacial score (nSPS) is 19.5. The van der Waals surface area contributed by atoms with Crippen molar-refractivity contribution in [3.05, 3.63) is 35.9 Å². The molecule has 0 aliphatic carbocycles. The van der Waals surface area contributed by atoms with E-state index in [9.17, 15) is 29.7 Å². The summed E-state index contributed by atoms with van der Waals surface area (Å²) in [6, 6.07) is 7.50. The topological polar surface area (TPSA) is 170 Å². The largest absolute Gasteiger partial charge is 0.445 e. The third kappa shape index (κ3) is 21.3. The molecule has 0 radical (unpaired) electrons. The quantitative estimate of drug-likeness (QED) is 0.0422. The molecule has 1 aromatic carbocycles. The van der Waals surface area contributed by atoms with Crippen LogP contribution >= 0.6 is 0 Å². The molecule has 1 saturated heterocycles. The van der Waals surface area contributed by atoms with Gasteiger partial charge in [-0.15, -0.1) is 0 Å². The molecule has 0 bridgehead atoms. The molecule has 4 amide bonds. The van der Waals surface area contributed by atoms with E-state index in [1.165, 1.54) is 101 Å². The summed E-state index contributed by atoms with van der Waals surface area (Å²) in [4.78, 5) is 40.7. The number of amides is 4. The monoisotopic (exact) mass is 777 g/mol. The Bertz CT molecular complexity index is 1130. The van der Waals surface area contributed by atoms with Crippen LogP contribution in [0, 0.1) is 0 Å². The number of alkyl carbamates (subject to hydrolysis) is 1. The van der Waals surface area contributed by atoms with Crippen molar-refractivity contribution < 1.29 is 39.2 Å². The van der Waals surface area contributed by atoms with Gasteiger partial charge in [0, 0.05) is 13.1 Å². The lowest BCUT2D eigenvalue weighted by molar-refractivity contribution is -0.224. The summed E-state index contributed by atoms with van der Waals surface area (Å²) < 4.78 is 11.3. The van der Waals surface area contributed by atoms with E-state index in [1.807, 2.05) is 30.3 Å². The molecule has 12 nitrogen and oxygen atoms in total. The highest BCUT2D eigenvalue weighted by molar-refractivity contribution is 5.82. The van der Waals surface area contributed by atoms with Gasteiger partial charge in [0.1, 0.15) is 37.5 Å². The number of unbranched alkanes of at least 4 members (excludes halogenated alkanes) is 20. The Labute approximate surface area is 331 Å². The van der Waals surface area contributed by atoms with E-state index < -0.39 is 61.8 Å². The van der Waals surface area contributed by atoms with Gasteiger partial charge in [-0.25, -0.2) is 9.59 Å². The standard InChI is InChI=1S/C43H76N4O8/c1-3-5-7-9-11-13-15-16-18-20-22-27-31-47(42(52)44-30-26-21-19-17-14-12-10-8-6-4-2)41-38(40(51)39(50)36(33-48)55-41)46-37(49)32-45-43(53)54-34-35-28-24-23-25-29-35/h23-25,28-29,36,38-41,48,50-51H,3-22,26-27,30-34H2,1-2H3,(H,44,52)(H,45,53)(H,46,49)/t36-,38-,39+,40-,41-/m1/s1. The van der Waals surface area contributed by atoms with Crippen molar-refractivity contribution in [3.63, 3.8) is 0 Å². The van der Waals surface area contributed by atoms with Gasteiger partial charge in [-0.3, -0.25) is 9.69 Å². The van der Waals surface area contributed by atoms with Crippen LogP contribution in [0.15, 0.2) is 30.3 Å². The number of aliphatic hydroxyl groups excluding tert-OH is 3. The van der Waals surface area contributed by atoms with Crippen LogP contribution in [0.5, 0.6) is 0 Å². The van der Waals surface area contributed by atoms with Gasteiger partial charge >= 0.3 is 12.1 Å². The number of aliphatic hydroxyl groups is 3. The first kappa shape index (κ1) is 48.2. The van der Waals surface area contributed by atoms with Crippen LogP contribution in [0.2, 0.25) is 0 Å². The van der Waals surface area contributed by atoms with Crippen molar-refractivity contribution >= 4 is 18.0 Å². The van der Waals surface area contributed by atoms with Crippen LogP contribution in [0.1, 0.15) is 161 Å². The molecule has 316 valence electrons. The van der Waals surface area contributed by atoms with Crippen LogP contribution in [0.3, 0.4) is 0 Å². The first-order chi connectivity index (χ1) is 26.8. The molecule has 1 fully saturated rings. The molecule has 5 atom stereocenters. The van der Waals surface area contributed by atoms with Gasteiger partial charge in [0.05, 0.1) is 6.61 Å². The third-order valence-electron chi connectivity index (χ3n) is 10.5. The minimum atomic E-state index is -1.55. The molecule has 0 aromatic heterocycles. The summed E-state index contributed by atoms with van der Waals surface area (Å²) in [6.45, 7) is 4.20. The van der Waals surface area contributed by atoms with E-state index in [2.05, 4.69) is 29.8 Å². The SMILES string of the molecule is CCCCCCCCCCCCCCN(C(=O)NCCCCCCCCCCCC)[C@@H]1O[C@H](CO)[C@H](O)[C@H](O)[C@H]1NC(=O)CNC(=O)OCc1ccccc1. The zero-order chi connectivity index (χ0) is 39.9. The lowest BCUT2D eigenvalue weighted by atomic mass is 9.95. The summed E-state index contributed by atoms with van der Waals surface area (Å²) in [6.07, 6.45) is 19.5. The minimum absolute atomic E-state index is 0.0304. The van der Waals surface area contributed by atoms with Crippen LogP contribution < -0.4 is 16.0 Å². The zero-order valence-corrected chi connectivity index (χ0v) is 34.2. The fraction of sp³-hybridized carbons (Fsp3) is 0.791. The lowest BCUT2D eigenvalue weighted by Crippen LogP contribution is -2.70. The maximum Gasteiger partial charge on any atom is 0.407 e. The molecular weight excluding hydrogens is 700 g/mol. The molecule has 12 heteroatoms. The van der Waals surface area contributed by atoms with Crippen molar-refractivity contribution in [3.8, 4) is 0 Å². The second kappa shape index (κ2) is 31.2. The van der Waals surface area contributed by atoms with E-state index >= 15 is 0 Å². The molecule has 1 aliphatic rings. The highest BCUT2D eigenvalue weighted by Gasteiger charge is 2.48. The Morgan fingerprint density at radius 3 is 1.73 bits per heavy atom. The number of hydrogen-bond acceptors (Lipinski definition) is 8. The highest BCUT2D eigenvalue weighted by Crippen LogP contribution is 2.25. The molecule has 0 spiro atoms. The number of ether oxygens (including phenoxy) is 2. The Morgan fingerprint density at radius 1 is 0.691 bits per heavy atom. The van der Waals surface area contributed by atoms with Gasteiger partial charge in [-0.2, -0.15) is 0 Å². The van der Waals surface area contributed by atoms with Crippen molar-refractivity contribution in [2.75, 3.05) is 26.2 Å². The molecule has 1 aliphatic heterocycles. The average Bonchev–Trinajstić information content (AvgIpc) is 3.19. The zero-order valence-electron chi connectivity index (χ0n) is 34.2. The summed E-state index contributed by atoms with van der Waals surface area (Å²) >= 11 is 0. The maximum atomic E-state index is 13.8. The number of nitrogens with zero attached hydrogens (tertiary/aromatic N) is 1. The summed E-state index contributed by atoms with van der Waals surface area (Å²) in [5.74, 6) is -0.667. The predicted molar refractivity (Wildman–Crippen MR) is 217 cm³/mol. The first-order valence-corrected chi connectivity index (χ1v) is 21.7. The van der Waals surface area contributed by atoms with E-state index in [4.69, 9.17) is 9.47 Å². The number of nitrogens with one attached hydrogen (secondary N) is 3. The summed E-state index contributed by atoms with van der Waals surface area (Å²) in [7, 11) is 0. The van der Waals surface area contributed by atoms with Crippen molar-refractivity contribution in [2.45, 2.75) is 192 Å². The van der Waals surface area contributed by atoms with E-state index in [1.54, 1.807) is 0 Å². The molecule has 1 heterocycles. The molecule has 0 unspecified atom stereocenters. The molecule has 6 N–H and O–H groups in total. The number of urea groups is 1. The van der Waals surface area contributed by atoms with Gasteiger partial charge in [-0.1, -0.05) is 173 Å². The van der Waals surface area contributed by atoms with Crippen molar-refractivity contribution in [1.82, 2.24) is 20.9 Å². The maximum absolute atomic E-state index is 13.8. The van der Waals surface area contributed by atoms with Gasteiger partial charge < -0.3 is 40.7 Å². The second-order valence-electron chi connectivity index (χ2n) is 15.2. The second-order valence-corrected chi connectivity index (χ2v) is 15.2. The van der Waals surface area contributed by atoms with Crippen LogP contribution in [0.25, 0.3) is 0 Å². The van der Waals surface area contributed by atoms with Crippen molar-refractivity contribution in [2.24, 2.45) is 0 Å². The average molecular weight is 777 g/mol. The Kier molecular flexibility index (Phi) is 27.3. The number of carbonyl (C=O) groups is 3. The van der Waals surface area contributed by atoms with E-state index in [0.29, 0.717) is 19.5 Å². The molecule has 0 saturated carbocycles. The number of hydrogen-bond donors (Lipinski definition) is 6. The van der Waals surface area contributed by atoms with Gasteiger partial charge in [-0.05, 0) is 18.4 Å². The fourth-order valence-corrected chi connectivity index (χ4v) is 7.06. The smallest absolute Gasteiger partial charge is 0.407 e. The minimum Gasteiger partial charge on any atom is -0.445 e. The van der Waals surface area contributed by atoms with Crippen LogP contribution in [0.4, 0.5) is 9.59 Å². The predicted octanol–water partition coefficient (Wildman–Crippen LogP) is 7.47. The van der Waals surface area contributed by atoms with Gasteiger partial charge in [0.15, 0.2) is 6.23 Å². The summed E-state index contributed by atoms with van der Waals surface area (Å²) in [5.41, 5.74) is 0.791. The number of rotatable bonds is 31. The molecule has 2 rings (SSSR count). The first-order valence-electron chi connectivity index (χ1n) is 21.7. The van der Waals surface area contributed by atoms with Gasteiger partial charge in [0.25, 0.3) is 0 Å². The van der Waals surface area contributed by atoms with Crippen LogP contribution in [-0.4, -0.2) is 95.1 Å². The molecule has 1 aromatic rings. The van der Waals surface area contributed by atoms with Crippen molar-refractivity contribution in [1.29, 1.82) is 0 Å². The third-order valence-corrected chi connectivity index (χ3v) is 10.5. The summed E-state index contributed by atoms with van der Waals surface area (Å²) in [5, 5.41) is 40.1. The highest BCUT2D eigenvalue weighted by atomic mass is 16.6. The van der Waals surface area contributed by atoms with E-state index in [-0.39, 0.29) is 6.61 Å². The molecule has 55 heavy (non-hydrogen) atoms. The molecular formula is C43H76N4O8. The number of carbonyl (C=O) groups excluding carboxylic acids is 3. The van der Waals surface area contributed by atoms with E-state index in [0.717, 1.165) is 44.1 Å². The fourth-order valence-electron chi connectivity index (χ4n) is 7.06. The number of benzene rings is 1. The van der Waals surface area contributed by atoms with Gasteiger partial charge in [0.2, 0.25) is 5.91 Å². The Balaban J connectivity index is 1.98. The lowest BCUT2D eigenvalue weighted by Gasteiger charge is -2.46. The van der Waals surface area contributed by atoms with Crippen LogP contribution in [-0.2, 0) is 20.9 Å². The Hall–Kier alpha value is -2.93. The Morgan fingerprint density at radius 2 is 1.20 bits per heavy atom.